The van der Waals surface area contributed by atoms with Gasteiger partial charge in [-0.3, -0.25) is 4.79 Å². The zero-order chi connectivity index (χ0) is 19.2. The first-order valence-electron chi connectivity index (χ1n) is 8.81. The van der Waals surface area contributed by atoms with Crippen LogP contribution in [0.25, 0.3) is 10.2 Å². The van der Waals surface area contributed by atoms with Crippen molar-refractivity contribution in [3.05, 3.63) is 56.4 Å². The van der Waals surface area contributed by atoms with Gasteiger partial charge >= 0.3 is 0 Å². The van der Waals surface area contributed by atoms with E-state index in [1.807, 2.05) is 54.8 Å². The SMILES string of the molecule is CCOCCn1c(=NC(=O)c2ccccc2I)sc2cc(OCC)ccc21. The number of nitrogens with zero attached hydrogens (tertiary/aromatic N) is 2. The molecule has 0 bridgehead atoms. The topological polar surface area (TPSA) is 52.8 Å². The number of aromatic nitrogens is 1. The van der Waals surface area contributed by atoms with Crippen LogP contribution in [0.15, 0.2) is 47.5 Å². The van der Waals surface area contributed by atoms with Crippen molar-refractivity contribution in [2.75, 3.05) is 19.8 Å². The fraction of sp³-hybridized carbons (Fsp3) is 0.300. The predicted octanol–water partition coefficient (Wildman–Crippen LogP) is 4.48. The van der Waals surface area contributed by atoms with Crippen molar-refractivity contribution in [2.45, 2.75) is 20.4 Å². The van der Waals surface area contributed by atoms with Crippen LogP contribution in [0, 0.1) is 3.57 Å². The second-order valence-corrected chi connectivity index (χ2v) is 7.86. The third kappa shape index (κ3) is 4.77. The second kappa shape index (κ2) is 9.48. The number of fused-ring (bicyclic) bond motifs is 1. The number of benzene rings is 2. The Morgan fingerprint density at radius 3 is 2.74 bits per heavy atom. The van der Waals surface area contributed by atoms with Gasteiger partial charge in [-0.15, -0.1) is 0 Å². The summed E-state index contributed by atoms with van der Waals surface area (Å²) in [6.45, 7) is 6.41. The summed E-state index contributed by atoms with van der Waals surface area (Å²) >= 11 is 3.65. The van der Waals surface area contributed by atoms with Crippen LogP contribution in [-0.4, -0.2) is 30.3 Å². The van der Waals surface area contributed by atoms with Crippen LogP contribution in [0.1, 0.15) is 24.2 Å². The summed E-state index contributed by atoms with van der Waals surface area (Å²) in [6, 6.07) is 13.4. The first-order valence-corrected chi connectivity index (χ1v) is 10.7. The average Bonchev–Trinajstić information content (AvgIpc) is 2.99. The molecule has 7 heteroatoms. The molecule has 0 fully saturated rings. The highest BCUT2D eigenvalue weighted by Crippen LogP contribution is 2.23. The molecule has 0 saturated carbocycles. The van der Waals surface area contributed by atoms with Gasteiger partial charge in [-0.05, 0) is 66.8 Å². The van der Waals surface area contributed by atoms with Gasteiger partial charge < -0.3 is 14.0 Å². The molecule has 1 aromatic heterocycles. The molecule has 0 radical (unpaired) electrons. The number of carbonyl (C=O) groups is 1. The summed E-state index contributed by atoms with van der Waals surface area (Å²) in [5.74, 6) is 0.584. The zero-order valence-electron chi connectivity index (χ0n) is 15.3. The molecule has 0 aliphatic heterocycles. The van der Waals surface area contributed by atoms with E-state index in [9.17, 15) is 4.79 Å². The molecule has 0 spiro atoms. The van der Waals surface area contributed by atoms with Gasteiger partial charge in [0.2, 0.25) is 0 Å². The van der Waals surface area contributed by atoms with Gasteiger partial charge in [0.25, 0.3) is 5.91 Å². The molecule has 0 N–H and O–H groups in total. The lowest BCUT2D eigenvalue weighted by atomic mass is 10.2. The summed E-state index contributed by atoms with van der Waals surface area (Å²) < 4.78 is 15.1. The quantitative estimate of drug-likeness (QED) is 0.358. The lowest BCUT2D eigenvalue weighted by Gasteiger charge is -2.06. The number of hydrogen-bond acceptors (Lipinski definition) is 4. The number of amides is 1. The summed E-state index contributed by atoms with van der Waals surface area (Å²) in [5.41, 5.74) is 1.64. The first-order chi connectivity index (χ1) is 13.1. The van der Waals surface area contributed by atoms with Gasteiger partial charge in [-0.1, -0.05) is 23.5 Å². The summed E-state index contributed by atoms with van der Waals surface area (Å²) in [4.78, 5) is 17.8. The van der Waals surface area contributed by atoms with Gasteiger partial charge in [0.1, 0.15) is 5.75 Å². The van der Waals surface area contributed by atoms with Gasteiger partial charge in [0.15, 0.2) is 4.80 Å². The highest BCUT2D eigenvalue weighted by Gasteiger charge is 2.12. The Kier molecular flexibility index (Phi) is 7.03. The standard InChI is InChI=1S/C20H21IN2O3S/c1-3-25-12-11-23-17-10-9-14(26-4-2)13-18(17)27-20(23)22-19(24)15-7-5-6-8-16(15)21/h5-10,13H,3-4,11-12H2,1-2H3. The van der Waals surface area contributed by atoms with Crippen molar-refractivity contribution in [3.8, 4) is 5.75 Å². The van der Waals surface area contributed by atoms with E-state index in [1.165, 1.54) is 11.3 Å². The minimum Gasteiger partial charge on any atom is -0.494 e. The zero-order valence-corrected chi connectivity index (χ0v) is 18.2. The number of rotatable bonds is 7. The number of hydrogen-bond donors (Lipinski definition) is 0. The minimum absolute atomic E-state index is 0.234. The lowest BCUT2D eigenvalue weighted by molar-refractivity contribution is 0.0996. The van der Waals surface area contributed by atoms with Crippen LogP contribution >= 0.6 is 33.9 Å². The van der Waals surface area contributed by atoms with E-state index in [1.54, 1.807) is 6.07 Å². The molecular formula is C20H21IN2O3S. The molecule has 5 nitrogen and oxygen atoms in total. The van der Waals surface area contributed by atoms with Crippen LogP contribution in [-0.2, 0) is 11.3 Å². The Bertz CT molecular complexity index is 1010. The lowest BCUT2D eigenvalue weighted by Crippen LogP contribution is -2.20. The van der Waals surface area contributed by atoms with Crippen molar-refractivity contribution in [2.24, 2.45) is 4.99 Å². The predicted molar refractivity (Wildman–Crippen MR) is 117 cm³/mol. The Balaban J connectivity index is 2.07. The molecule has 2 aromatic carbocycles. The van der Waals surface area contributed by atoms with E-state index in [4.69, 9.17) is 9.47 Å². The van der Waals surface area contributed by atoms with Gasteiger partial charge in [0.05, 0.1) is 29.0 Å². The van der Waals surface area contributed by atoms with Crippen LogP contribution in [0.2, 0.25) is 0 Å². The van der Waals surface area contributed by atoms with Crippen molar-refractivity contribution < 1.29 is 14.3 Å². The van der Waals surface area contributed by atoms with E-state index in [0.29, 0.717) is 36.7 Å². The normalized spacial score (nSPS) is 11.9. The van der Waals surface area contributed by atoms with Crippen molar-refractivity contribution in [1.29, 1.82) is 0 Å². The van der Waals surface area contributed by atoms with E-state index < -0.39 is 0 Å². The number of thiazole rings is 1. The minimum atomic E-state index is -0.234. The summed E-state index contributed by atoms with van der Waals surface area (Å²) in [6.07, 6.45) is 0. The maximum atomic E-state index is 12.7. The Labute approximate surface area is 175 Å². The number of carbonyl (C=O) groups excluding carboxylic acids is 1. The third-order valence-electron chi connectivity index (χ3n) is 3.93. The van der Waals surface area contributed by atoms with Gasteiger partial charge in [-0.25, -0.2) is 0 Å². The molecule has 0 aliphatic carbocycles. The number of halogens is 1. The Morgan fingerprint density at radius 1 is 1.19 bits per heavy atom. The molecule has 3 aromatic rings. The fourth-order valence-corrected chi connectivity index (χ4v) is 4.39. The molecule has 0 unspecified atom stereocenters. The fourth-order valence-electron chi connectivity index (χ4n) is 2.69. The molecule has 0 aliphatic rings. The smallest absolute Gasteiger partial charge is 0.280 e. The monoisotopic (exact) mass is 496 g/mol. The third-order valence-corrected chi connectivity index (χ3v) is 5.91. The van der Waals surface area contributed by atoms with Gasteiger partial charge in [-0.2, -0.15) is 4.99 Å². The maximum absolute atomic E-state index is 12.7. The molecule has 1 amide bonds. The summed E-state index contributed by atoms with van der Waals surface area (Å²) in [5, 5.41) is 0. The van der Waals surface area contributed by atoms with Crippen molar-refractivity contribution in [3.63, 3.8) is 0 Å². The van der Waals surface area contributed by atoms with E-state index in [-0.39, 0.29) is 5.91 Å². The maximum Gasteiger partial charge on any atom is 0.280 e. The van der Waals surface area contributed by atoms with E-state index in [0.717, 1.165) is 19.5 Å². The van der Waals surface area contributed by atoms with Gasteiger partial charge in [0, 0.05) is 16.7 Å². The molecule has 142 valence electrons. The van der Waals surface area contributed by atoms with Crippen LogP contribution in [0.5, 0.6) is 5.75 Å². The number of ether oxygens (including phenoxy) is 2. The van der Waals surface area contributed by atoms with E-state index in [2.05, 4.69) is 27.6 Å². The highest BCUT2D eigenvalue weighted by atomic mass is 127. The van der Waals surface area contributed by atoms with E-state index >= 15 is 0 Å². The van der Waals surface area contributed by atoms with Crippen LogP contribution in [0.3, 0.4) is 0 Å². The van der Waals surface area contributed by atoms with Crippen molar-refractivity contribution >= 4 is 50.1 Å². The molecule has 1 heterocycles. The molecule has 3 rings (SSSR count). The second-order valence-electron chi connectivity index (χ2n) is 5.69. The highest BCUT2D eigenvalue weighted by molar-refractivity contribution is 14.1. The Morgan fingerprint density at radius 2 is 2.00 bits per heavy atom. The summed E-state index contributed by atoms with van der Waals surface area (Å²) in [7, 11) is 0. The molecule has 0 atom stereocenters. The van der Waals surface area contributed by atoms with Crippen molar-refractivity contribution in [1.82, 2.24) is 4.57 Å². The molecule has 27 heavy (non-hydrogen) atoms. The van der Waals surface area contributed by atoms with Crippen LogP contribution < -0.4 is 9.54 Å². The van der Waals surface area contributed by atoms with Crippen LogP contribution in [0.4, 0.5) is 0 Å². The largest absolute Gasteiger partial charge is 0.494 e. The first kappa shape index (κ1) is 20.0. The Hall–Kier alpha value is -1.71. The average molecular weight is 496 g/mol. The molecule has 0 saturated heterocycles. The molecular weight excluding hydrogens is 475 g/mol.